The lowest BCUT2D eigenvalue weighted by atomic mass is 10.0. The minimum atomic E-state index is -0.332. The Morgan fingerprint density at radius 3 is 2.44 bits per heavy atom. The quantitative estimate of drug-likeness (QED) is 0.803. The van der Waals surface area contributed by atoms with Crippen molar-refractivity contribution in [2.24, 2.45) is 5.92 Å². The molecule has 0 radical (unpaired) electrons. The molecule has 0 aliphatic carbocycles. The molecule has 1 heterocycles. The molecule has 0 aliphatic heterocycles. The highest BCUT2D eigenvalue weighted by molar-refractivity contribution is 4.93. The van der Waals surface area contributed by atoms with Crippen molar-refractivity contribution in [2.45, 2.75) is 59.6 Å². The Kier molecular flexibility index (Phi) is 4.93. The molecule has 4 nitrogen and oxygen atoms in total. The van der Waals surface area contributed by atoms with Crippen molar-refractivity contribution in [1.82, 2.24) is 14.8 Å². The van der Waals surface area contributed by atoms with Crippen molar-refractivity contribution in [2.75, 3.05) is 0 Å². The van der Waals surface area contributed by atoms with Crippen molar-refractivity contribution < 1.29 is 5.11 Å². The zero-order valence-electron chi connectivity index (χ0n) is 10.8. The van der Waals surface area contributed by atoms with Crippen LogP contribution in [0.15, 0.2) is 0 Å². The fourth-order valence-corrected chi connectivity index (χ4v) is 1.61. The maximum atomic E-state index is 9.98. The van der Waals surface area contributed by atoms with Gasteiger partial charge in [0.05, 0.1) is 12.6 Å². The van der Waals surface area contributed by atoms with Crippen LogP contribution in [0.25, 0.3) is 0 Å². The third-order valence-electron chi connectivity index (χ3n) is 3.09. The fraction of sp³-hybridized carbons (Fsp3) is 0.833. The molecular weight excluding hydrogens is 202 g/mol. The number of aromatic nitrogens is 3. The van der Waals surface area contributed by atoms with Crippen molar-refractivity contribution in [1.29, 1.82) is 0 Å². The SMILES string of the molecule is CCc1nc(CC)n(CC(O)C(C)CC)n1. The van der Waals surface area contributed by atoms with Gasteiger partial charge in [0.2, 0.25) is 0 Å². The lowest BCUT2D eigenvalue weighted by molar-refractivity contribution is 0.0917. The van der Waals surface area contributed by atoms with Gasteiger partial charge in [-0.3, -0.25) is 0 Å². The Balaban J connectivity index is 2.75. The highest BCUT2D eigenvalue weighted by Crippen LogP contribution is 2.11. The standard InChI is InChI=1S/C12H23N3O/c1-5-9(4)10(16)8-15-12(7-3)13-11(6-2)14-15/h9-10,16H,5-8H2,1-4H3. The lowest BCUT2D eigenvalue weighted by Crippen LogP contribution is -2.25. The first kappa shape index (κ1) is 13.2. The summed E-state index contributed by atoms with van der Waals surface area (Å²) in [5, 5.41) is 14.4. The molecule has 0 aliphatic rings. The summed E-state index contributed by atoms with van der Waals surface area (Å²) in [6.45, 7) is 8.83. The Morgan fingerprint density at radius 2 is 1.94 bits per heavy atom. The molecule has 1 N–H and O–H groups in total. The molecule has 0 bridgehead atoms. The molecule has 0 aromatic carbocycles. The number of hydrogen-bond donors (Lipinski definition) is 1. The molecule has 4 heteroatoms. The van der Waals surface area contributed by atoms with Gasteiger partial charge < -0.3 is 5.11 Å². The van der Waals surface area contributed by atoms with Crippen LogP contribution < -0.4 is 0 Å². The molecule has 0 spiro atoms. The zero-order chi connectivity index (χ0) is 12.1. The second-order valence-electron chi connectivity index (χ2n) is 4.29. The van der Waals surface area contributed by atoms with E-state index in [0.29, 0.717) is 12.5 Å². The molecule has 1 rings (SSSR count). The van der Waals surface area contributed by atoms with Crippen molar-refractivity contribution >= 4 is 0 Å². The van der Waals surface area contributed by atoms with Gasteiger partial charge in [-0.05, 0) is 5.92 Å². The van der Waals surface area contributed by atoms with E-state index in [2.05, 4.69) is 30.9 Å². The van der Waals surface area contributed by atoms with Gasteiger partial charge in [0.1, 0.15) is 5.82 Å². The first-order valence-corrected chi connectivity index (χ1v) is 6.22. The van der Waals surface area contributed by atoms with Crippen molar-refractivity contribution in [3.05, 3.63) is 11.6 Å². The van der Waals surface area contributed by atoms with Gasteiger partial charge in [-0.15, -0.1) is 0 Å². The first-order valence-electron chi connectivity index (χ1n) is 6.22. The molecule has 1 aromatic rings. The highest BCUT2D eigenvalue weighted by atomic mass is 16.3. The van der Waals surface area contributed by atoms with Gasteiger partial charge in [-0.2, -0.15) is 5.10 Å². The first-order chi connectivity index (χ1) is 7.62. The lowest BCUT2D eigenvalue weighted by Gasteiger charge is -2.17. The zero-order valence-corrected chi connectivity index (χ0v) is 10.8. The van der Waals surface area contributed by atoms with Crippen LogP contribution >= 0.6 is 0 Å². The van der Waals surface area contributed by atoms with Crippen LogP contribution in [-0.2, 0) is 19.4 Å². The topological polar surface area (TPSA) is 50.9 Å². The molecule has 0 fully saturated rings. The van der Waals surface area contributed by atoms with Crippen LogP contribution in [0, 0.1) is 5.92 Å². The van der Waals surface area contributed by atoms with E-state index in [0.717, 1.165) is 30.9 Å². The number of aliphatic hydroxyl groups is 1. The van der Waals surface area contributed by atoms with Gasteiger partial charge in [0.15, 0.2) is 5.82 Å². The fourth-order valence-electron chi connectivity index (χ4n) is 1.61. The molecule has 0 amide bonds. The van der Waals surface area contributed by atoms with Crippen LogP contribution in [0.5, 0.6) is 0 Å². The summed E-state index contributed by atoms with van der Waals surface area (Å²) in [6, 6.07) is 0. The summed E-state index contributed by atoms with van der Waals surface area (Å²) < 4.78 is 1.86. The molecule has 92 valence electrons. The molecule has 2 unspecified atom stereocenters. The highest BCUT2D eigenvalue weighted by Gasteiger charge is 2.16. The summed E-state index contributed by atoms with van der Waals surface area (Å²) in [5.74, 6) is 2.14. The minimum absolute atomic E-state index is 0.305. The van der Waals surface area contributed by atoms with Crippen LogP contribution in [-0.4, -0.2) is 26.0 Å². The second kappa shape index (κ2) is 5.99. The van der Waals surface area contributed by atoms with E-state index in [1.54, 1.807) is 0 Å². The van der Waals surface area contributed by atoms with Gasteiger partial charge in [0.25, 0.3) is 0 Å². The summed E-state index contributed by atoms with van der Waals surface area (Å²) in [6.07, 6.45) is 2.36. The Morgan fingerprint density at radius 1 is 1.25 bits per heavy atom. The van der Waals surface area contributed by atoms with Crippen LogP contribution in [0.3, 0.4) is 0 Å². The number of aliphatic hydroxyl groups excluding tert-OH is 1. The smallest absolute Gasteiger partial charge is 0.150 e. The van der Waals surface area contributed by atoms with Gasteiger partial charge in [-0.1, -0.05) is 34.1 Å². The summed E-state index contributed by atoms with van der Waals surface area (Å²) in [4.78, 5) is 4.43. The van der Waals surface area contributed by atoms with Crippen molar-refractivity contribution in [3.8, 4) is 0 Å². The molecular formula is C12H23N3O. The third-order valence-corrected chi connectivity index (χ3v) is 3.09. The Hall–Kier alpha value is -0.900. The molecule has 0 saturated heterocycles. The molecule has 2 atom stereocenters. The largest absolute Gasteiger partial charge is 0.391 e. The molecule has 1 aromatic heterocycles. The number of aryl methyl sites for hydroxylation is 2. The average molecular weight is 225 g/mol. The van der Waals surface area contributed by atoms with E-state index in [1.165, 1.54) is 0 Å². The summed E-state index contributed by atoms with van der Waals surface area (Å²) >= 11 is 0. The predicted octanol–water partition coefficient (Wildman–Crippen LogP) is 1.81. The van der Waals surface area contributed by atoms with Gasteiger partial charge in [0, 0.05) is 12.8 Å². The maximum absolute atomic E-state index is 9.98. The van der Waals surface area contributed by atoms with Crippen LogP contribution in [0.2, 0.25) is 0 Å². The van der Waals surface area contributed by atoms with Crippen LogP contribution in [0.4, 0.5) is 0 Å². The van der Waals surface area contributed by atoms with E-state index in [-0.39, 0.29) is 6.10 Å². The maximum Gasteiger partial charge on any atom is 0.150 e. The molecule has 16 heavy (non-hydrogen) atoms. The Bertz CT molecular complexity index is 322. The number of rotatable bonds is 6. The number of nitrogens with zero attached hydrogens (tertiary/aromatic N) is 3. The van der Waals surface area contributed by atoms with Crippen molar-refractivity contribution in [3.63, 3.8) is 0 Å². The third kappa shape index (κ3) is 3.04. The number of hydrogen-bond acceptors (Lipinski definition) is 3. The normalized spacial score (nSPS) is 15.1. The van der Waals surface area contributed by atoms with Crippen LogP contribution in [0.1, 0.15) is 45.8 Å². The van der Waals surface area contributed by atoms with E-state index >= 15 is 0 Å². The predicted molar refractivity (Wildman–Crippen MR) is 64.2 cm³/mol. The second-order valence-corrected chi connectivity index (χ2v) is 4.29. The van der Waals surface area contributed by atoms with E-state index in [1.807, 2.05) is 11.6 Å². The molecule has 0 saturated carbocycles. The summed E-state index contributed by atoms with van der Waals surface area (Å²) in [7, 11) is 0. The van der Waals surface area contributed by atoms with Gasteiger partial charge >= 0.3 is 0 Å². The van der Waals surface area contributed by atoms with E-state index < -0.39 is 0 Å². The minimum Gasteiger partial charge on any atom is -0.391 e. The average Bonchev–Trinajstić information content (AvgIpc) is 2.70. The van der Waals surface area contributed by atoms with Gasteiger partial charge in [-0.25, -0.2) is 9.67 Å². The Labute approximate surface area is 97.7 Å². The van der Waals surface area contributed by atoms with E-state index in [4.69, 9.17) is 0 Å². The van der Waals surface area contributed by atoms with E-state index in [9.17, 15) is 5.11 Å². The monoisotopic (exact) mass is 225 g/mol. The summed E-state index contributed by atoms with van der Waals surface area (Å²) in [5.41, 5.74) is 0.